The van der Waals surface area contributed by atoms with E-state index in [1.807, 2.05) is 13.8 Å². The highest BCUT2D eigenvalue weighted by Gasteiger charge is 2.25. The van der Waals surface area contributed by atoms with E-state index in [0.29, 0.717) is 17.9 Å². The maximum atomic E-state index is 12.4. The van der Waals surface area contributed by atoms with E-state index in [-0.39, 0.29) is 11.8 Å². The molecule has 0 radical (unpaired) electrons. The van der Waals surface area contributed by atoms with Gasteiger partial charge in [0.15, 0.2) is 5.75 Å². The van der Waals surface area contributed by atoms with Gasteiger partial charge in [0, 0.05) is 6.04 Å². The number of ether oxygens (including phenoxy) is 1. The molecule has 0 saturated carbocycles. The van der Waals surface area contributed by atoms with Crippen molar-refractivity contribution < 1.29 is 9.53 Å². The van der Waals surface area contributed by atoms with Crippen LogP contribution in [0.3, 0.4) is 0 Å². The number of aromatic nitrogens is 2. The first-order valence-corrected chi connectivity index (χ1v) is 6.44. The lowest BCUT2D eigenvalue weighted by atomic mass is 10.0. The van der Waals surface area contributed by atoms with Gasteiger partial charge in [-0.05, 0) is 20.3 Å². The molecule has 1 rings (SSSR count). The maximum absolute atomic E-state index is 12.4. The first-order valence-electron chi connectivity index (χ1n) is 6.44. The number of nitrogens with zero attached hydrogens (tertiary/aromatic N) is 2. The van der Waals surface area contributed by atoms with Crippen molar-refractivity contribution in [3.8, 4) is 5.75 Å². The second kappa shape index (κ2) is 6.54. The van der Waals surface area contributed by atoms with Crippen molar-refractivity contribution in [2.24, 2.45) is 5.73 Å². The van der Waals surface area contributed by atoms with Crippen LogP contribution in [0.4, 0.5) is 0 Å². The smallest absolute Gasteiger partial charge is 0.201 e. The third-order valence-electron chi connectivity index (χ3n) is 2.91. The molecule has 1 atom stereocenters. The fourth-order valence-electron chi connectivity index (χ4n) is 1.85. The van der Waals surface area contributed by atoms with Gasteiger partial charge in [0.2, 0.25) is 5.78 Å². The summed E-state index contributed by atoms with van der Waals surface area (Å²) in [5.41, 5.74) is 6.42. The van der Waals surface area contributed by atoms with Crippen LogP contribution in [0.25, 0.3) is 0 Å². The van der Waals surface area contributed by atoms with Gasteiger partial charge in [-0.1, -0.05) is 19.8 Å². The van der Waals surface area contributed by atoms with E-state index in [2.05, 4.69) is 12.0 Å². The van der Waals surface area contributed by atoms with Crippen LogP contribution in [0.2, 0.25) is 0 Å². The Morgan fingerprint density at radius 3 is 2.72 bits per heavy atom. The maximum Gasteiger partial charge on any atom is 0.201 e. The zero-order valence-electron chi connectivity index (χ0n) is 11.6. The lowest BCUT2D eigenvalue weighted by Gasteiger charge is -2.15. The van der Waals surface area contributed by atoms with Gasteiger partial charge in [-0.2, -0.15) is 5.10 Å². The summed E-state index contributed by atoms with van der Waals surface area (Å²) in [5.74, 6) is 0.409. The van der Waals surface area contributed by atoms with Gasteiger partial charge in [-0.15, -0.1) is 0 Å². The highest BCUT2D eigenvalue weighted by Crippen LogP contribution is 2.23. The minimum Gasteiger partial charge on any atom is -0.493 e. The third kappa shape index (κ3) is 3.10. The Labute approximate surface area is 108 Å². The highest BCUT2D eigenvalue weighted by molar-refractivity contribution is 6.00. The summed E-state index contributed by atoms with van der Waals surface area (Å²) in [7, 11) is 1.54. The van der Waals surface area contributed by atoms with Crippen LogP contribution in [-0.2, 0) is 0 Å². The molecule has 0 amide bonds. The molecule has 2 N–H and O–H groups in total. The minimum atomic E-state index is -0.479. The summed E-state index contributed by atoms with van der Waals surface area (Å²) in [6.07, 6.45) is 4.24. The molecule has 102 valence electrons. The molecule has 0 aliphatic heterocycles. The summed E-state index contributed by atoms with van der Waals surface area (Å²) >= 11 is 0. The van der Waals surface area contributed by atoms with Crippen molar-refractivity contribution in [2.75, 3.05) is 7.11 Å². The third-order valence-corrected chi connectivity index (χ3v) is 2.91. The Hall–Kier alpha value is -1.36. The standard InChI is InChI=1S/C13H23N3O2/c1-5-6-7-10(14)13(17)12-11(18-4)8-15-16(12)9(2)3/h8-10H,5-7,14H2,1-4H3. The van der Waals surface area contributed by atoms with Crippen LogP contribution < -0.4 is 10.5 Å². The van der Waals surface area contributed by atoms with Gasteiger partial charge >= 0.3 is 0 Å². The average Bonchev–Trinajstić information content (AvgIpc) is 2.78. The van der Waals surface area contributed by atoms with E-state index in [9.17, 15) is 4.79 Å². The quantitative estimate of drug-likeness (QED) is 0.756. The molecule has 0 aliphatic carbocycles. The Morgan fingerprint density at radius 2 is 2.22 bits per heavy atom. The fourth-order valence-corrected chi connectivity index (χ4v) is 1.85. The molecular formula is C13H23N3O2. The first kappa shape index (κ1) is 14.7. The number of unbranched alkanes of at least 4 members (excludes halogenated alkanes) is 1. The summed E-state index contributed by atoms with van der Waals surface area (Å²) in [5, 5.41) is 4.19. The van der Waals surface area contributed by atoms with Crippen molar-refractivity contribution in [1.29, 1.82) is 0 Å². The van der Waals surface area contributed by atoms with E-state index in [1.165, 1.54) is 7.11 Å². The summed E-state index contributed by atoms with van der Waals surface area (Å²) in [4.78, 5) is 12.4. The molecule has 5 heteroatoms. The number of ketones is 1. The van der Waals surface area contributed by atoms with E-state index >= 15 is 0 Å². The fraction of sp³-hybridized carbons (Fsp3) is 0.692. The lowest BCUT2D eigenvalue weighted by Crippen LogP contribution is -2.32. The number of carbonyl (C=O) groups excluding carboxylic acids is 1. The van der Waals surface area contributed by atoms with E-state index in [4.69, 9.17) is 10.5 Å². The topological polar surface area (TPSA) is 70.1 Å². The monoisotopic (exact) mass is 253 g/mol. The normalized spacial score (nSPS) is 12.8. The van der Waals surface area contributed by atoms with E-state index in [0.717, 1.165) is 12.8 Å². The second-order valence-electron chi connectivity index (χ2n) is 4.71. The molecule has 0 saturated heterocycles. The molecule has 18 heavy (non-hydrogen) atoms. The van der Waals surface area contributed by atoms with E-state index < -0.39 is 6.04 Å². The Kier molecular flexibility index (Phi) is 5.34. The predicted molar refractivity (Wildman–Crippen MR) is 71.0 cm³/mol. The molecule has 0 aliphatic rings. The number of carbonyl (C=O) groups is 1. The Balaban J connectivity index is 2.99. The predicted octanol–water partition coefficient (Wildman–Crippen LogP) is 2.17. The molecule has 0 bridgehead atoms. The first-order chi connectivity index (χ1) is 8.52. The van der Waals surface area contributed by atoms with Gasteiger partial charge in [-0.25, -0.2) is 0 Å². The zero-order chi connectivity index (χ0) is 13.7. The largest absolute Gasteiger partial charge is 0.493 e. The van der Waals surface area contributed by atoms with Crippen LogP contribution in [0.1, 0.15) is 56.6 Å². The number of rotatable bonds is 7. The van der Waals surface area contributed by atoms with Crippen molar-refractivity contribution in [1.82, 2.24) is 9.78 Å². The van der Waals surface area contributed by atoms with Crippen molar-refractivity contribution in [2.45, 2.75) is 52.1 Å². The number of Topliss-reactive ketones (excluding diaryl/α,β-unsaturated/α-hetero) is 1. The zero-order valence-corrected chi connectivity index (χ0v) is 11.6. The minimum absolute atomic E-state index is 0.0912. The van der Waals surface area contributed by atoms with Gasteiger partial charge in [0.1, 0.15) is 5.69 Å². The van der Waals surface area contributed by atoms with Gasteiger partial charge in [0.05, 0.1) is 19.3 Å². The molecule has 1 unspecified atom stereocenters. The van der Waals surface area contributed by atoms with Crippen molar-refractivity contribution in [3.05, 3.63) is 11.9 Å². The molecule has 1 heterocycles. The average molecular weight is 253 g/mol. The molecule has 1 aromatic heterocycles. The van der Waals surface area contributed by atoms with Gasteiger partial charge in [0.25, 0.3) is 0 Å². The summed E-state index contributed by atoms with van der Waals surface area (Å²) in [6.45, 7) is 6.03. The van der Waals surface area contributed by atoms with Crippen LogP contribution in [0.5, 0.6) is 5.75 Å². The van der Waals surface area contributed by atoms with E-state index in [1.54, 1.807) is 10.9 Å². The van der Waals surface area contributed by atoms with Gasteiger partial charge in [-0.3, -0.25) is 9.48 Å². The molecule has 5 nitrogen and oxygen atoms in total. The van der Waals surface area contributed by atoms with Crippen molar-refractivity contribution in [3.63, 3.8) is 0 Å². The molecule has 0 aromatic carbocycles. The van der Waals surface area contributed by atoms with Crippen LogP contribution in [0.15, 0.2) is 6.20 Å². The number of hydrogen-bond acceptors (Lipinski definition) is 4. The van der Waals surface area contributed by atoms with Gasteiger partial charge < -0.3 is 10.5 Å². The second-order valence-corrected chi connectivity index (χ2v) is 4.71. The Bertz CT molecular complexity index is 399. The van der Waals surface area contributed by atoms with Crippen molar-refractivity contribution >= 4 is 5.78 Å². The molecular weight excluding hydrogens is 230 g/mol. The highest BCUT2D eigenvalue weighted by atomic mass is 16.5. The lowest BCUT2D eigenvalue weighted by molar-refractivity contribution is 0.0940. The number of methoxy groups -OCH3 is 1. The number of hydrogen-bond donors (Lipinski definition) is 1. The Morgan fingerprint density at radius 1 is 1.56 bits per heavy atom. The van der Waals surface area contributed by atoms with Crippen LogP contribution >= 0.6 is 0 Å². The molecule has 0 spiro atoms. The molecule has 1 aromatic rings. The summed E-state index contributed by atoms with van der Waals surface area (Å²) in [6, 6.07) is -0.376. The van der Waals surface area contributed by atoms with Crippen LogP contribution in [0, 0.1) is 0 Å². The summed E-state index contributed by atoms with van der Waals surface area (Å²) < 4.78 is 6.87. The molecule has 0 fully saturated rings. The SMILES string of the molecule is CCCCC(N)C(=O)c1c(OC)cnn1C(C)C. The number of nitrogens with two attached hydrogens (primary N) is 1. The van der Waals surface area contributed by atoms with Crippen LogP contribution in [-0.4, -0.2) is 28.7 Å².